The molecule has 0 rings (SSSR count). The third-order valence-corrected chi connectivity index (χ3v) is 6.21. The average Bonchev–Trinajstić information content (AvgIpc) is 2.66. The van der Waals surface area contributed by atoms with Gasteiger partial charge < -0.3 is 9.59 Å². The van der Waals surface area contributed by atoms with Gasteiger partial charge in [-0.2, -0.15) is 0 Å². The van der Waals surface area contributed by atoms with Crippen LogP contribution >= 0.6 is 0 Å². The highest BCUT2D eigenvalue weighted by Crippen LogP contribution is 2.15. The van der Waals surface area contributed by atoms with E-state index < -0.39 is 0 Å². The molecule has 0 atom stereocenters. The first-order valence-corrected chi connectivity index (χ1v) is 12.6. The number of aliphatic hydroxyl groups is 1. The number of nitrogens with zero attached hydrogens (tertiary/aromatic N) is 1. The van der Waals surface area contributed by atoms with E-state index in [9.17, 15) is 0 Å². The van der Waals surface area contributed by atoms with Gasteiger partial charge in [0.25, 0.3) is 0 Å². The fourth-order valence-electron chi connectivity index (χ4n) is 4.20. The number of rotatable bonds is 22. The predicted octanol–water partition coefficient (Wildman–Crippen LogP) is 7.49. The smallest absolute Gasteiger partial charge is 0.0785 e. The lowest BCUT2D eigenvalue weighted by molar-refractivity contribution is -0.910. The van der Waals surface area contributed by atoms with Gasteiger partial charge in [0.1, 0.15) is 0 Å². The molecule has 2 heteroatoms. The Morgan fingerprint density at radius 1 is 0.444 bits per heavy atom. The van der Waals surface area contributed by atoms with Crippen LogP contribution in [0.5, 0.6) is 0 Å². The van der Waals surface area contributed by atoms with Crippen molar-refractivity contribution in [2.75, 3.05) is 33.3 Å². The van der Waals surface area contributed by atoms with Crippen molar-refractivity contribution in [1.29, 1.82) is 0 Å². The Kier molecular flexibility index (Phi) is 20.6. The Labute approximate surface area is 172 Å². The lowest BCUT2D eigenvalue weighted by atomic mass is 10.1. The van der Waals surface area contributed by atoms with E-state index in [1.165, 1.54) is 133 Å². The van der Waals surface area contributed by atoms with Crippen LogP contribution in [0.15, 0.2) is 0 Å². The van der Waals surface area contributed by atoms with Gasteiger partial charge in [0.2, 0.25) is 0 Å². The van der Waals surface area contributed by atoms with Crippen LogP contribution in [0.4, 0.5) is 0 Å². The maximum atomic E-state index is 9.13. The highest BCUT2D eigenvalue weighted by Gasteiger charge is 2.20. The molecule has 0 radical (unpaired) electrons. The Balaban J connectivity index is 3.87. The summed E-state index contributed by atoms with van der Waals surface area (Å²) in [5.74, 6) is 0. The molecule has 0 aromatic heterocycles. The minimum atomic E-state index is 0.357. The third-order valence-electron chi connectivity index (χ3n) is 6.21. The molecule has 0 bridgehead atoms. The van der Waals surface area contributed by atoms with E-state index in [1.807, 2.05) is 0 Å². The van der Waals surface area contributed by atoms with E-state index >= 15 is 0 Å². The molecular formula is C25H54NO+. The zero-order chi connectivity index (χ0) is 20.1. The first-order chi connectivity index (χ1) is 13.2. The van der Waals surface area contributed by atoms with Gasteiger partial charge in [-0.1, -0.05) is 90.9 Å². The van der Waals surface area contributed by atoms with Crippen molar-refractivity contribution >= 4 is 0 Å². The van der Waals surface area contributed by atoms with Crippen molar-refractivity contribution in [3.05, 3.63) is 0 Å². The summed E-state index contributed by atoms with van der Waals surface area (Å²) < 4.78 is 1.24. The van der Waals surface area contributed by atoms with Crippen LogP contribution in [0.1, 0.15) is 129 Å². The van der Waals surface area contributed by atoms with E-state index in [-0.39, 0.29) is 0 Å². The van der Waals surface area contributed by atoms with Crippen LogP contribution in [0.2, 0.25) is 0 Å². The molecule has 0 fully saturated rings. The first-order valence-electron chi connectivity index (χ1n) is 12.6. The maximum absolute atomic E-state index is 9.13. The molecule has 0 amide bonds. The van der Waals surface area contributed by atoms with Gasteiger partial charge in [-0.3, -0.25) is 0 Å². The molecule has 27 heavy (non-hydrogen) atoms. The van der Waals surface area contributed by atoms with Gasteiger partial charge in [-0.15, -0.1) is 0 Å². The van der Waals surface area contributed by atoms with Crippen molar-refractivity contribution in [2.24, 2.45) is 0 Å². The summed E-state index contributed by atoms with van der Waals surface area (Å²) in [5, 5.41) is 9.13. The zero-order valence-corrected chi connectivity index (χ0v) is 19.5. The molecule has 0 aliphatic rings. The van der Waals surface area contributed by atoms with Crippen molar-refractivity contribution in [1.82, 2.24) is 0 Å². The van der Waals surface area contributed by atoms with Gasteiger partial charge in [0, 0.05) is 6.61 Å². The van der Waals surface area contributed by atoms with Gasteiger partial charge in [0.15, 0.2) is 0 Å². The molecule has 0 aliphatic heterocycles. The second-order valence-corrected chi connectivity index (χ2v) is 9.17. The van der Waals surface area contributed by atoms with Crippen molar-refractivity contribution < 1.29 is 9.59 Å². The van der Waals surface area contributed by atoms with E-state index in [2.05, 4.69) is 20.9 Å². The highest BCUT2D eigenvalue weighted by atomic mass is 16.2. The van der Waals surface area contributed by atoms with Gasteiger partial charge in [-0.25, -0.2) is 0 Å². The van der Waals surface area contributed by atoms with Crippen molar-refractivity contribution in [3.8, 4) is 0 Å². The van der Waals surface area contributed by atoms with E-state index in [4.69, 9.17) is 5.11 Å². The number of hydrogen-bond donors (Lipinski definition) is 1. The summed E-state index contributed by atoms with van der Waals surface area (Å²) >= 11 is 0. The summed E-state index contributed by atoms with van der Waals surface area (Å²) in [7, 11) is 2.47. The Bertz CT molecular complexity index is 259. The Hall–Kier alpha value is -0.0800. The molecule has 164 valence electrons. The van der Waals surface area contributed by atoms with Crippen molar-refractivity contribution in [2.45, 2.75) is 129 Å². The number of aliphatic hydroxyl groups excluding tert-OH is 1. The summed E-state index contributed by atoms with van der Waals surface area (Å²) in [6, 6.07) is 0. The molecule has 0 spiro atoms. The first kappa shape index (κ1) is 26.9. The van der Waals surface area contributed by atoms with E-state index in [0.29, 0.717) is 6.61 Å². The lowest BCUT2D eigenvalue weighted by Gasteiger charge is -2.35. The van der Waals surface area contributed by atoms with E-state index in [1.54, 1.807) is 0 Å². The van der Waals surface area contributed by atoms with E-state index in [0.717, 1.165) is 6.42 Å². The van der Waals surface area contributed by atoms with Crippen LogP contribution in [0.25, 0.3) is 0 Å². The van der Waals surface area contributed by atoms with Crippen LogP contribution in [0.3, 0.4) is 0 Å². The van der Waals surface area contributed by atoms with Gasteiger partial charge in [0.05, 0.1) is 26.7 Å². The molecule has 0 heterocycles. The maximum Gasteiger partial charge on any atom is 0.0785 e. The second kappa shape index (κ2) is 20.6. The normalized spacial score (nSPS) is 12.0. The molecule has 0 aliphatic carbocycles. The molecule has 2 nitrogen and oxygen atoms in total. The Morgan fingerprint density at radius 3 is 1.07 bits per heavy atom. The predicted molar refractivity (Wildman–Crippen MR) is 122 cm³/mol. The SMILES string of the molecule is CCCCCCCCCC[N+](C)(CCCCO)CCCCCCCCCC. The van der Waals surface area contributed by atoms with Gasteiger partial charge >= 0.3 is 0 Å². The summed E-state index contributed by atoms with van der Waals surface area (Å²) in [4.78, 5) is 0. The topological polar surface area (TPSA) is 20.2 Å². The quantitative estimate of drug-likeness (QED) is 0.151. The van der Waals surface area contributed by atoms with Crippen LogP contribution in [0, 0.1) is 0 Å². The standard InChI is InChI=1S/C25H54NO/c1-4-6-8-10-12-14-16-18-22-26(3,24-20-21-25-27)23-19-17-15-13-11-9-7-5-2/h27H,4-25H2,1-3H3/q+1. The van der Waals surface area contributed by atoms with Crippen molar-refractivity contribution in [3.63, 3.8) is 0 Å². The summed E-state index contributed by atoms with van der Waals surface area (Å²) in [6.07, 6.45) is 24.8. The Morgan fingerprint density at radius 2 is 0.741 bits per heavy atom. The monoisotopic (exact) mass is 384 g/mol. The summed E-state index contributed by atoms with van der Waals surface area (Å²) in [6.45, 7) is 8.89. The summed E-state index contributed by atoms with van der Waals surface area (Å²) in [5.41, 5.74) is 0. The second-order valence-electron chi connectivity index (χ2n) is 9.17. The highest BCUT2D eigenvalue weighted by molar-refractivity contribution is 4.51. The lowest BCUT2D eigenvalue weighted by Crippen LogP contribution is -2.46. The molecule has 0 aromatic rings. The van der Waals surface area contributed by atoms with Crippen LogP contribution < -0.4 is 0 Å². The average molecular weight is 385 g/mol. The minimum absolute atomic E-state index is 0.357. The van der Waals surface area contributed by atoms with Crippen LogP contribution in [-0.4, -0.2) is 42.9 Å². The van der Waals surface area contributed by atoms with Crippen LogP contribution in [-0.2, 0) is 0 Å². The third kappa shape index (κ3) is 19.0. The minimum Gasteiger partial charge on any atom is -0.396 e. The molecule has 0 unspecified atom stereocenters. The number of hydrogen-bond acceptors (Lipinski definition) is 1. The fourth-order valence-corrected chi connectivity index (χ4v) is 4.20. The molecule has 0 saturated heterocycles. The molecule has 1 N–H and O–H groups in total. The molecular weight excluding hydrogens is 330 g/mol. The molecule has 0 saturated carbocycles. The largest absolute Gasteiger partial charge is 0.396 e. The number of quaternary nitrogens is 1. The zero-order valence-electron chi connectivity index (χ0n) is 19.5. The fraction of sp³-hybridized carbons (Fsp3) is 1.00. The number of unbranched alkanes of at least 4 members (excludes halogenated alkanes) is 15. The van der Waals surface area contributed by atoms with Gasteiger partial charge in [-0.05, 0) is 38.5 Å². The molecule has 0 aromatic carbocycles.